The van der Waals surface area contributed by atoms with Crippen LogP contribution in [0.4, 0.5) is 0 Å². The lowest BCUT2D eigenvalue weighted by Gasteiger charge is -2.12. The first-order valence-corrected chi connectivity index (χ1v) is 6.39. The van der Waals surface area contributed by atoms with Crippen LogP contribution in [0.15, 0.2) is 16.6 Å². The highest BCUT2D eigenvalue weighted by Gasteiger charge is 2.53. The zero-order valence-electron chi connectivity index (χ0n) is 9.28. The van der Waals surface area contributed by atoms with Gasteiger partial charge in [0, 0.05) is 12.0 Å². The fourth-order valence-electron chi connectivity index (χ4n) is 2.47. The third-order valence-electron chi connectivity index (χ3n) is 3.76. The number of nitrogens with two attached hydrogens (primary N) is 1. The lowest BCUT2D eigenvalue weighted by molar-refractivity contribution is 0.173. The molecule has 1 heterocycles. The number of rotatable bonds is 3. The Hall–Kier alpha value is -0.780. The van der Waals surface area contributed by atoms with E-state index >= 15 is 0 Å². The number of hydrogen-bond acceptors (Lipinski definition) is 4. The number of ether oxygens (including phenoxy) is 2. The van der Waals surface area contributed by atoms with E-state index in [4.69, 9.17) is 15.2 Å². The van der Waals surface area contributed by atoms with Gasteiger partial charge in [0.1, 0.15) is 0 Å². The quantitative estimate of drug-likeness (QED) is 0.890. The van der Waals surface area contributed by atoms with E-state index < -0.39 is 0 Å². The van der Waals surface area contributed by atoms with Crippen LogP contribution >= 0.6 is 15.9 Å². The molecule has 0 amide bonds. The Balaban J connectivity index is 1.94. The van der Waals surface area contributed by atoms with Gasteiger partial charge in [0.25, 0.3) is 0 Å². The highest BCUT2D eigenvalue weighted by Crippen LogP contribution is 2.59. The lowest BCUT2D eigenvalue weighted by Crippen LogP contribution is -2.21. The van der Waals surface area contributed by atoms with Crippen molar-refractivity contribution in [3.8, 4) is 11.5 Å². The molecule has 0 radical (unpaired) electrons. The molecule has 1 aromatic carbocycles. The Bertz CT molecular complexity index is 459. The van der Waals surface area contributed by atoms with Crippen molar-refractivity contribution in [2.75, 3.05) is 19.9 Å². The maximum absolute atomic E-state index is 9.40. The summed E-state index contributed by atoms with van der Waals surface area (Å²) in [4.78, 5) is 0. The molecule has 2 atom stereocenters. The van der Waals surface area contributed by atoms with Crippen LogP contribution in [0.2, 0.25) is 0 Å². The summed E-state index contributed by atoms with van der Waals surface area (Å²) < 4.78 is 11.6. The van der Waals surface area contributed by atoms with Crippen LogP contribution in [-0.2, 0) is 0 Å². The summed E-state index contributed by atoms with van der Waals surface area (Å²) in [6.45, 7) is 0.921. The average molecular weight is 300 g/mol. The van der Waals surface area contributed by atoms with E-state index in [1.807, 2.05) is 12.1 Å². The van der Waals surface area contributed by atoms with Gasteiger partial charge in [-0.05, 0) is 46.0 Å². The highest BCUT2D eigenvalue weighted by molar-refractivity contribution is 9.10. The Morgan fingerprint density at radius 2 is 2.29 bits per heavy atom. The first kappa shape index (κ1) is 11.3. The van der Waals surface area contributed by atoms with Gasteiger partial charge in [-0.2, -0.15) is 0 Å². The summed E-state index contributed by atoms with van der Waals surface area (Å²) in [5.74, 6) is 1.85. The second kappa shape index (κ2) is 3.86. The Labute approximate surface area is 108 Å². The van der Waals surface area contributed by atoms with Crippen molar-refractivity contribution in [2.45, 2.75) is 12.3 Å². The van der Waals surface area contributed by atoms with Gasteiger partial charge < -0.3 is 20.3 Å². The molecule has 0 bridgehead atoms. The number of benzene rings is 1. The van der Waals surface area contributed by atoms with Gasteiger partial charge in [0.15, 0.2) is 11.5 Å². The van der Waals surface area contributed by atoms with E-state index in [-0.39, 0.29) is 18.8 Å². The second-order valence-corrected chi connectivity index (χ2v) is 5.57. The van der Waals surface area contributed by atoms with Crippen LogP contribution in [-0.4, -0.2) is 25.1 Å². The number of aliphatic hydroxyl groups is 1. The maximum Gasteiger partial charge on any atom is 0.231 e. The number of hydrogen-bond donors (Lipinski definition) is 2. The standard InChI is InChI=1S/C12H14BrNO3/c13-9-1-7(2-10-11(9)17-6-16-10)8-3-12(8,4-14)5-15/h1-2,8,15H,3-6,14H2. The van der Waals surface area contributed by atoms with Gasteiger partial charge in [0.05, 0.1) is 11.1 Å². The molecular weight excluding hydrogens is 286 g/mol. The molecule has 2 aliphatic rings. The summed E-state index contributed by atoms with van der Waals surface area (Å²) in [6.07, 6.45) is 0.937. The largest absolute Gasteiger partial charge is 0.454 e. The van der Waals surface area contributed by atoms with E-state index in [1.54, 1.807) is 0 Å². The van der Waals surface area contributed by atoms with E-state index in [0.29, 0.717) is 12.5 Å². The minimum Gasteiger partial charge on any atom is -0.454 e. The predicted octanol–water partition coefficient (Wildman–Crippen LogP) is 1.60. The number of fused-ring (bicyclic) bond motifs is 1. The maximum atomic E-state index is 9.40. The molecule has 1 saturated carbocycles. The molecule has 92 valence electrons. The van der Waals surface area contributed by atoms with Gasteiger partial charge in [-0.25, -0.2) is 0 Å². The summed E-state index contributed by atoms with van der Waals surface area (Å²) in [6, 6.07) is 4.02. The lowest BCUT2D eigenvalue weighted by atomic mass is 10.00. The van der Waals surface area contributed by atoms with Gasteiger partial charge in [-0.3, -0.25) is 0 Å². The fraction of sp³-hybridized carbons (Fsp3) is 0.500. The fourth-order valence-corrected chi connectivity index (χ4v) is 3.05. The SMILES string of the molecule is NCC1(CO)CC1c1cc(Br)c2c(c1)OCO2. The smallest absolute Gasteiger partial charge is 0.231 e. The molecular formula is C12H14BrNO3. The van der Waals surface area contributed by atoms with E-state index in [0.717, 1.165) is 28.0 Å². The topological polar surface area (TPSA) is 64.7 Å². The summed E-state index contributed by atoms with van der Waals surface area (Å²) >= 11 is 3.48. The van der Waals surface area contributed by atoms with Crippen molar-refractivity contribution in [3.63, 3.8) is 0 Å². The van der Waals surface area contributed by atoms with Crippen LogP contribution in [0, 0.1) is 5.41 Å². The van der Waals surface area contributed by atoms with Crippen LogP contribution in [0.1, 0.15) is 17.9 Å². The van der Waals surface area contributed by atoms with Crippen molar-refractivity contribution in [1.82, 2.24) is 0 Å². The zero-order valence-corrected chi connectivity index (χ0v) is 10.9. The van der Waals surface area contributed by atoms with E-state index in [2.05, 4.69) is 15.9 Å². The monoisotopic (exact) mass is 299 g/mol. The van der Waals surface area contributed by atoms with Gasteiger partial charge >= 0.3 is 0 Å². The normalized spacial score (nSPS) is 29.5. The third-order valence-corrected chi connectivity index (χ3v) is 4.35. The molecule has 1 fully saturated rings. The van der Waals surface area contributed by atoms with Crippen molar-refractivity contribution in [3.05, 3.63) is 22.2 Å². The first-order valence-electron chi connectivity index (χ1n) is 5.60. The van der Waals surface area contributed by atoms with Crippen molar-refractivity contribution < 1.29 is 14.6 Å². The first-order chi connectivity index (χ1) is 8.20. The highest BCUT2D eigenvalue weighted by atomic mass is 79.9. The molecule has 1 aliphatic carbocycles. The summed E-state index contributed by atoms with van der Waals surface area (Å²) in [7, 11) is 0. The van der Waals surface area contributed by atoms with Crippen LogP contribution in [0.5, 0.6) is 11.5 Å². The predicted molar refractivity (Wildman–Crippen MR) is 66.2 cm³/mol. The average Bonchev–Trinajstić information content (AvgIpc) is 2.89. The van der Waals surface area contributed by atoms with Crippen molar-refractivity contribution in [1.29, 1.82) is 0 Å². The minimum atomic E-state index is -0.132. The Morgan fingerprint density at radius 1 is 1.47 bits per heavy atom. The number of aliphatic hydroxyl groups excluding tert-OH is 1. The molecule has 5 heteroatoms. The van der Waals surface area contributed by atoms with Crippen LogP contribution < -0.4 is 15.2 Å². The Morgan fingerprint density at radius 3 is 2.94 bits per heavy atom. The van der Waals surface area contributed by atoms with Crippen molar-refractivity contribution >= 4 is 15.9 Å². The molecule has 4 nitrogen and oxygen atoms in total. The minimum absolute atomic E-state index is 0.132. The molecule has 0 saturated heterocycles. The van der Waals surface area contributed by atoms with Crippen LogP contribution in [0.3, 0.4) is 0 Å². The molecule has 2 unspecified atom stereocenters. The molecule has 1 aliphatic heterocycles. The Kier molecular flexibility index (Phi) is 2.57. The molecule has 3 N–H and O–H groups in total. The van der Waals surface area contributed by atoms with Gasteiger partial charge in [0.2, 0.25) is 6.79 Å². The molecule has 17 heavy (non-hydrogen) atoms. The zero-order chi connectivity index (χ0) is 12.0. The van der Waals surface area contributed by atoms with E-state index in [9.17, 15) is 5.11 Å². The third kappa shape index (κ3) is 1.64. The molecule has 1 aromatic rings. The van der Waals surface area contributed by atoms with Gasteiger partial charge in [-0.15, -0.1) is 0 Å². The molecule has 3 rings (SSSR count). The van der Waals surface area contributed by atoms with E-state index in [1.165, 1.54) is 0 Å². The second-order valence-electron chi connectivity index (χ2n) is 4.72. The summed E-state index contributed by atoms with van der Waals surface area (Å²) in [5.41, 5.74) is 6.75. The van der Waals surface area contributed by atoms with Gasteiger partial charge in [-0.1, -0.05) is 0 Å². The molecule has 0 spiro atoms. The molecule has 0 aromatic heterocycles. The van der Waals surface area contributed by atoms with Crippen molar-refractivity contribution in [2.24, 2.45) is 11.1 Å². The van der Waals surface area contributed by atoms with Crippen LogP contribution in [0.25, 0.3) is 0 Å². The summed E-state index contributed by atoms with van der Waals surface area (Å²) in [5, 5.41) is 9.40. The number of halogens is 1.